The van der Waals surface area contributed by atoms with E-state index in [1.165, 1.54) is 12.1 Å². The van der Waals surface area contributed by atoms with Crippen molar-refractivity contribution < 1.29 is 9.50 Å². The molecule has 0 saturated heterocycles. The number of nitrogens with two attached hydrogens (primary N) is 1. The molecule has 0 aliphatic carbocycles. The van der Waals surface area contributed by atoms with Gasteiger partial charge in [0.15, 0.2) is 5.82 Å². The molecule has 1 aromatic carbocycles. The minimum Gasteiger partial charge on any atom is -0.508 e. The Balaban J connectivity index is 2.52. The Morgan fingerprint density at radius 1 is 1.43 bits per heavy atom. The third kappa shape index (κ3) is 1.37. The Morgan fingerprint density at radius 3 is 2.79 bits per heavy atom. The van der Waals surface area contributed by atoms with E-state index in [-0.39, 0.29) is 23.1 Å². The van der Waals surface area contributed by atoms with Gasteiger partial charge in [0, 0.05) is 6.07 Å². The van der Waals surface area contributed by atoms with Crippen molar-refractivity contribution in [3.63, 3.8) is 0 Å². The van der Waals surface area contributed by atoms with Crippen molar-refractivity contribution in [2.24, 2.45) is 0 Å². The minimum absolute atomic E-state index is 0.0486. The zero-order chi connectivity index (χ0) is 10.1. The first-order valence-corrected chi connectivity index (χ1v) is 3.83. The molecule has 0 unspecified atom stereocenters. The summed E-state index contributed by atoms with van der Waals surface area (Å²) in [5.74, 6) is -0.438. The molecule has 2 rings (SSSR count). The van der Waals surface area contributed by atoms with Gasteiger partial charge < -0.3 is 10.8 Å². The normalized spacial score (nSPS) is 10.4. The van der Waals surface area contributed by atoms with Crippen LogP contribution in [-0.2, 0) is 0 Å². The number of hydrogen-bond donors (Lipinski definition) is 3. The Labute approximate surface area is 78.4 Å². The maximum atomic E-state index is 13.3. The standard InChI is InChI=1S/C8H7FN4O/c9-6-3-4(14)1-2-5(6)7-11-8(10)13-12-7/h1-3,14H,(H3,10,11,12,13). The van der Waals surface area contributed by atoms with Gasteiger partial charge in [0.05, 0.1) is 5.56 Å². The Hall–Kier alpha value is -2.11. The average Bonchev–Trinajstić information content (AvgIpc) is 2.51. The highest BCUT2D eigenvalue weighted by molar-refractivity contribution is 5.57. The lowest BCUT2D eigenvalue weighted by atomic mass is 10.2. The average molecular weight is 194 g/mol. The summed E-state index contributed by atoms with van der Waals surface area (Å²) in [6, 6.07) is 3.75. The van der Waals surface area contributed by atoms with E-state index >= 15 is 0 Å². The number of nitrogens with zero attached hydrogens (tertiary/aromatic N) is 2. The first-order chi connectivity index (χ1) is 6.66. The summed E-state index contributed by atoms with van der Waals surface area (Å²) in [6.45, 7) is 0. The predicted molar refractivity (Wildman–Crippen MR) is 47.9 cm³/mol. The third-order valence-corrected chi connectivity index (χ3v) is 1.71. The van der Waals surface area contributed by atoms with Crippen LogP contribution in [0.3, 0.4) is 0 Å². The number of rotatable bonds is 1. The van der Waals surface area contributed by atoms with E-state index in [0.29, 0.717) is 0 Å². The van der Waals surface area contributed by atoms with Crippen molar-refractivity contribution in [3.05, 3.63) is 24.0 Å². The van der Waals surface area contributed by atoms with E-state index < -0.39 is 5.82 Å². The van der Waals surface area contributed by atoms with Gasteiger partial charge in [-0.15, -0.1) is 5.10 Å². The SMILES string of the molecule is Nc1n[nH]c(-c2ccc(O)cc2F)n1. The highest BCUT2D eigenvalue weighted by atomic mass is 19.1. The summed E-state index contributed by atoms with van der Waals surface area (Å²) in [5, 5.41) is 15.0. The van der Waals surface area contributed by atoms with Crippen LogP contribution in [0.2, 0.25) is 0 Å². The van der Waals surface area contributed by atoms with Gasteiger partial charge in [-0.25, -0.2) is 4.39 Å². The van der Waals surface area contributed by atoms with Crippen molar-refractivity contribution in [2.75, 3.05) is 5.73 Å². The van der Waals surface area contributed by atoms with Gasteiger partial charge in [-0.1, -0.05) is 0 Å². The van der Waals surface area contributed by atoms with Crippen molar-refractivity contribution in [3.8, 4) is 17.1 Å². The first kappa shape index (κ1) is 8.49. The molecule has 6 heteroatoms. The van der Waals surface area contributed by atoms with E-state index in [9.17, 15) is 4.39 Å². The molecule has 0 fully saturated rings. The van der Waals surface area contributed by atoms with E-state index in [1.807, 2.05) is 0 Å². The molecular formula is C8H7FN4O. The Bertz CT molecular complexity index is 468. The molecule has 0 spiro atoms. The number of aromatic hydroxyl groups is 1. The molecular weight excluding hydrogens is 187 g/mol. The summed E-state index contributed by atoms with van der Waals surface area (Å²) in [7, 11) is 0. The number of hydrogen-bond acceptors (Lipinski definition) is 4. The summed E-state index contributed by atoms with van der Waals surface area (Å²) >= 11 is 0. The zero-order valence-electron chi connectivity index (χ0n) is 7.03. The maximum absolute atomic E-state index is 13.3. The number of aromatic amines is 1. The number of aromatic nitrogens is 3. The van der Waals surface area contributed by atoms with E-state index in [0.717, 1.165) is 6.07 Å². The van der Waals surface area contributed by atoms with Gasteiger partial charge in [0.1, 0.15) is 11.6 Å². The first-order valence-electron chi connectivity index (χ1n) is 3.83. The molecule has 0 radical (unpaired) electrons. The second-order valence-corrected chi connectivity index (χ2v) is 2.71. The van der Waals surface area contributed by atoms with E-state index in [4.69, 9.17) is 10.8 Å². The fourth-order valence-electron chi connectivity index (χ4n) is 1.09. The van der Waals surface area contributed by atoms with Crippen LogP contribution in [0.4, 0.5) is 10.3 Å². The lowest BCUT2D eigenvalue weighted by molar-refractivity contribution is 0.469. The second kappa shape index (κ2) is 2.99. The third-order valence-electron chi connectivity index (χ3n) is 1.71. The monoisotopic (exact) mass is 194 g/mol. The van der Waals surface area contributed by atoms with Crippen LogP contribution < -0.4 is 5.73 Å². The number of phenolic OH excluding ortho intramolecular Hbond substituents is 1. The summed E-state index contributed by atoms with van der Waals surface area (Å²) < 4.78 is 13.3. The molecule has 72 valence electrons. The summed E-state index contributed by atoms with van der Waals surface area (Å²) in [5.41, 5.74) is 5.49. The smallest absolute Gasteiger partial charge is 0.239 e. The van der Waals surface area contributed by atoms with E-state index in [2.05, 4.69) is 15.2 Å². The number of nitrogen functional groups attached to an aromatic ring is 1. The maximum Gasteiger partial charge on any atom is 0.239 e. The fourth-order valence-corrected chi connectivity index (χ4v) is 1.09. The molecule has 4 N–H and O–H groups in total. The Morgan fingerprint density at radius 2 is 2.21 bits per heavy atom. The molecule has 0 saturated carbocycles. The fraction of sp³-hybridized carbons (Fsp3) is 0. The lowest BCUT2D eigenvalue weighted by Gasteiger charge is -1.98. The molecule has 14 heavy (non-hydrogen) atoms. The van der Waals surface area contributed by atoms with Gasteiger partial charge in [-0.2, -0.15) is 4.98 Å². The molecule has 0 atom stereocenters. The van der Waals surface area contributed by atoms with E-state index in [1.54, 1.807) is 0 Å². The second-order valence-electron chi connectivity index (χ2n) is 2.71. The highest BCUT2D eigenvalue weighted by Crippen LogP contribution is 2.22. The molecule has 2 aromatic rings. The van der Waals surface area contributed by atoms with Crippen molar-refractivity contribution in [2.45, 2.75) is 0 Å². The zero-order valence-corrected chi connectivity index (χ0v) is 7.03. The van der Waals surface area contributed by atoms with Crippen LogP contribution in [0.15, 0.2) is 18.2 Å². The van der Waals surface area contributed by atoms with Gasteiger partial charge in [-0.3, -0.25) is 5.10 Å². The topological polar surface area (TPSA) is 87.8 Å². The van der Waals surface area contributed by atoms with Crippen LogP contribution >= 0.6 is 0 Å². The number of phenols is 1. The van der Waals surface area contributed by atoms with Crippen LogP contribution in [0.25, 0.3) is 11.4 Å². The van der Waals surface area contributed by atoms with Crippen molar-refractivity contribution >= 4 is 5.95 Å². The molecule has 0 amide bonds. The number of H-pyrrole nitrogens is 1. The molecule has 0 aliphatic heterocycles. The number of nitrogens with one attached hydrogen (secondary N) is 1. The lowest BCUT2D eigenvalue weighted by Crippen LogP contribution is -1.87. The van der Waals surface area contributed by atoms with Crippen molar-refractivity contribution in [1.82, 2.24) is 15.2 Å². The summed E-state index contributed by atoms with van der Waals surface area (Å²) in [4.78, 5) is 3.76. The molecule has 0 aliphatic rings. The Kier molecular flexibility index (Phi) is 1.81. The van der Waals surface area contributed by atoms with Crippen LogP contribution in [0.5, 0.6) is 5.75 Å². The van der Waals surface area contributed by atoms with Crippen LogP contribution in [-0.4, -0.2) is 20.3 Å². The summed E-state index contributed by atoms with van der Waals surface area (Å²) in [6.07, 6.45) is 0. The molecule has 1 aromatic heterocycles. The largest absolute Gasteiger partial charge is 0.508 e. The molecule has 1 heterocycles. The quantitative estimate of drug-likeness (QED) is 0.629. The van der Waals surface area contributed by atoms with Crippen molar-refractivity contribution in [1.29, 1.82) is 0 Å². The van der Waals surface area contributed by atoms with Gasteiger partial charge in [0.25, 0.3) is 0 Å². The van der Waals surface area contributed by atoms with Gasteiger partial charge >= 0.3 is 0 Å². The predicted octanol–water partition coefficient (Wildman–Crippen LogP) is 0.899. The molecule has 0 bridgehead atoms. The highest BCUT2D eigenvalue weighted by Gasteiger charge is 2.09. The minimum atomic E-state index is -0.582. The van der Waals surface area contributed by atoms with Crippen LogP contribution in [0.1, 0.15) is 0 Å². The van der Waals surface area contributed by atoms with Gasteiger partial charge in [0.2, 0.25) is 5.95 Å². The number of halogens is 1. The molecule has 5 nitrogen and oxygen atoms in total. The van der Waals surface area contributed by atoms with Gasteiger partial charge in [-0.05, 0) is 12.1 Å². The number of benzene rings is 1. The van der Waals surface area contributed by atoms with Crippen LogP contribution in [0, 0.1) is 5.82 Å². The number of anilines is 1.